The zero-order valence-electron chi connectivity index (χ0n) is 9.95. The molecule has 0 spiro atoms. The minimum absolute atomic E-state index is 0.0366. The van der Waals surface area contributed by atoms with E-state index in [9.17, 15) is 4.79 Å². The van der Waals surface area contributed by atoms with Gasteiger partial charge in [0.1, 0.15) is 0 Å². The first-order chi connectivity index (χ1) is 7.02. The van der Waals surface area contributed by atoms with Crippen LogP contribution in [0.15, 0.2) is 12.2 Å². The van der Waals surface area contributed by atoms with Crippen molar-refractivity contribution in [1.82, 2.24) is 4.90 Å². The summed E-state index contributed by atoms with van der Waals surface area (Å²) >= 11 is 1.71. The molecule has 1 atom stereocenters. The highest BCUT2D eigenvalue weighted by molar-refractivity contribution is 7.98. The Labute approximate surface area is 97.1 Å². The number of likely N-dealkylation sites (N-methyl/N-ethyl adjacent to an activating group) is 1. The van der Waals surface area contributed by atoms with Crippen LogP contribution in [0.3, 0.4) is 0 Å². The van der Waals surface area contributed by atoms with Gasteiger partial charge in [-0.3, -0.25) is 4.79 Å². The third-order valence-corrected chi connectivity index (χ3v) is 2.75. The minimum atomic E-state index is -0.364. The van der Waals surface area contributed by atoms with Crippen LogP contribution >= 0.6 is 11.8 Å². The molecule has 0 aromatic carbocycles. The van der Waals surface area contributed by atoms with E-state index >= 15 is 0 Å². The number of hydrogen-bond donors (Lipinski definition) is 1. The highest BCUT2D eigenvalue weighted by Gasteiger charge is 2.18. The van der Waals surface area contributed by atoms with Gasteiger partial charge in [0.15, 0.2) is 0 Å². The summed E-state index contributed by atoms with van der Waals surface area (Å²) in [6, 6.07) is -0.364. The lowest BCUT2D eigenvalue weighted by atomic mass is 10.2. The van der Waals surface area contributed by atoms with Crippen molar-refractivity contribution in [2.75, 3.05) is 25.1 Å². The van der Waals surface area contributed by atoms with Crippen LogP contribution in [0.2, 0.25) is 0 Å². The number of nitrogens with two attached hydrogens (primary N) is 1. The quantitative estimate of drug-likeness (QED) is 0.674. The number of amides is 1. The molecule has 4 heteroatoms. The van der Waals surface area contributed by atoms with Crippen LogP contribution in [0, 0.1) is 0 Å². The molecular formula is C11H22N2OS. The molecule has 0 unspecified atom stereocenters. The molecule has 2 N–H and O–H groups in total. The summed E-state index contributed by atoms with van der Waals surface area (Å²) in [7, 11) is 0. The summed E-state index contributed by atoms with van der Waals surface area (Å²) in [4.78, 5) is 13.6. The van der Waals surface area contributed by atoms with E-state index in [1.54, 1.807) is 16.7 Å². The van der Waals surface area contributed by atoms with E-state index in [-0.39, 0.29) is 11.9 Å². The number of carbonyl (C=O) groups excluding carboxylic acids is 1. The molecule has 0 saturated carbocycles. The zero-order valence-corrected chi connectivity index (χ0v) is 10.8. The topological polar surface area (TPSA) is 46.3 Å². The van der Waals surface area contributed by atoms with Crippen molar-refractivity contribution in [3.63, 3.8) is 0 Å². The minimum Gasteiger partial charge on any atom is -0.338 e. The number of thioether (sulfide) groups is 1. The largest absolute Gasteiger partial charge is 0.338 e. The lowest BCUT2D eigenvalue weighted by Gasteiger charge is -2.24. The average molecular weight is 230 g/mol. The van der Waals surface area contributed by atoms with Gasteiger partial charge >= 0.3 is 0 Å². The monoisotopic (exact) mass is 230 g/mol. The maximum Gasteiger partial charge on any atom is 0.239 e. The summed E-state index contributed by atoms with van der Waals surface area (Å²) in [5.74, 6) is 0.965. The molecule has 0 aliphatic rings. The van der Waals surface area contributed by atoms with Gasteiger partial charge in [-0.05, 0) is 32.3 Å². The first-order valence-corrected chi connectivity index (χ1v) is 6.60. The van der Waals surface area contributed by atoms with Gasteiger partial charge in [-0.1, -0.05) is 12.2 Å². The molecule has 0 heterocycles. The molecule has 1 amide bonds. The van der Waals surface area contributed by atoms with Crippen LogP contribution in [0.1, 0.15) is 20.3 Å². The van der Waals surface area contributed by atoms with Crippen LogP contribution in [-0.2, 0) is 4.79 Å². The Kier molecular flexibility index (Phi) is 7.52. The van der Waals surface area contributed by atoms with E-state index < -0.39 is 0 Å². The van der Waals surface area contributed by atoms with Gasteiger partial charge in [-0.2, -0.15) is 11.8 Å². The summed E-state index contributed by atoms with van der Waals surface area (Å²) in [5.41, 5.74) is 6.81. The lowest BCUT2D eigenvalue weighted by molar-refractivity contribution is -0.132. The van der Waals surface area contributed by atoms with Gasteiger partial charge in [0.2, 0.25) is 5.91 Å². The standard InChI is InChI=1S/C11H22N2OS/c1-5-13(8-9(2)3)11(14)10(12)6-7-15-4/h10H,2,5-8,12H2,1,3-4H3/t10-/m0/s1. The Hall–Kier alpha value is -0.480. The van der Waals surface area contributed by atoms with Crippen LogP contribution in [0.5, 0.6) is 0 Å². The molecule has 15 heavy (non-hydrogen) atoms. The van der Waals surface area contributed by atoms with Gasteiger partial charge in [-0.25, -0.2) is 0 Å². The second kappa shape index (κ2) is 7.77. The van der Waals surface area contributed by atoms with Crippen molar-refractivity contribution < 1.29 is 4.79 Å². The second-order valence-electron chi connectivity index (χ2n) is 3.70. The maximum atomic E-state index is 11.9. The van der Waals surface area contributed by atoms with Crippen LogP contribution < -0.4 is 5.73 Å². The Balaban J connectivity index is 4.17. The Morgan fingerprint density at radius 3 is 2.60 bits per heavy atom. The number of hydrogen-bond acceptors (Lipinski definition) is 3. The van der Waals surface area contributed by atoms with E-state index in [1.807, 2.05) is 20.1 Å². The first kappa shape index (κ1) is 14.5. The molecule has 0 fully saturated rings. The third kappa shape index (κ3) is 5.85. The summed E-state index contributed by atoms with van der Waals surface area (Å²) in [5, 5.41) is 0. The van der Waals surface area contributed by atoms with Gasteiger partial charge in [-0.15, -0.1) is 0 Å². The molecule has 88 valence electrons. The van der Waals surface area contributed by atoms with E-state index in [1.165, 1.54) is 0 Å². The molecule has 0 aromatic rings. The average Bonchev–Trinajstić information content (AvgIpc) is 2.21. The first-order valence-electron chi connectivity index (χ1n) is 5.20. The molecule has 0 radical (unpaired) electrons. The molecule has 0 aliphatic heterocycles. The van der Waals surface area contributed by atoms with E-state index in [0.29, 0.717) is 13.1 Å². The SMILES string of the molecule is C=C(C)CN(CC)C(=O)[C@@H](N)CCSC. The second-order valence-corrected chi connectivity index (χ2v) is 4.68. The number of carbonyl (C=O) groups is 1. The predicted octanol–water partition coefficient (Wildman–Crippen LogP) is 1.49. The van der Waals surface area contributed by atoms with Crippen molar-refractivity contribution >= 4 is 17.7 Å². The van der Waals surface area contributed by atoms with Crippen LogP contribution in [0.25, 0.3) is 0 Å². The van der Waals surface area contributed by atoms with E-state index in [4.69, 9.17) is 5.73 Å². The van der Waals surface area contributed by atoms with Gasteiger partial charge in [0, 0.05) is 13.1 Å². The third-order valence-electron chi connectivity index (χ3n) is 2.10. The predicted molar refractivity (Wildman–Crippen MR) is 68.0 cm³/mol. The Morgan fingerprint density at radius 2 is 2.20 bits per heavy atom. The van der Waals surface area contributed by atoms with Crippen molar-refractivity contribution in [2.24, 2.45) is 5.73 Å². The Morgan fingerprint density at radius 1 is 1.60 bits per heavy atom. The fourth-order valence-electron chi connectivity index (χ4n) is 1.27. The fourth-order valence-corrected chi connectivity index (χ4v) is 1.76. The summed E-state index contributed by atoms with van der Waals surface area (Å²) < 4.78 is 0. The smallest absolute Gasteiger partial charge is 0.239 e. The van der Waals surface area contributed by atoms with Gasteiger partial charge in [0.25, 0.3) is 0 Å². The van der Waals surface area contributed by atoms with Crippen molar-refractivity contribution in [2.45, 2.75) is 26.3 Å². The molecule has 0 aliphatic carbocycles. The highest BCUT2D eigenvalue weighted by Crippen LogP contribution is 2.04. The summed E-state index contributed by atoms with van der Waals surface area (Å²) in [6.45, 7) is 8.99. The maximum absolute atomic E-state index is 11.9. The Bertz CT molecular complexity index is 219. The molecule has 0 aromatic heterocycles. The van der Waals surface area contributed by atoms with Crippen LogP contribution in [0.4, 0.5) is 0 Å². The molecule has 0 rings (SSSR count). The lowest BCUT2D eigenvalue weighted by Crippen LogP contribution is -2.44. The van der Waals surface area contributed by atoms with Crippen molar-refractivity contribution in [3.05, 3.63) is 12.2 Å². The summed E-state index contributed by atoms with van der Waals surface area (Å²) in [6.07, 6.45) is 2.76. The zero-order chi connectivity index (χ0) is 11.8. The number of nitrogens with zero attached hydrogens (tertiary/aromatic N) is 1. The molecule has 0 saturated heterocycles. The van der Waals surface area contributed by atoms with Crippen molar-refractivity contribution in [3.8, 4) is 0 Å². The molecule has 0 bridgehead atoms. The fraction of sp³-hybridized carbons (Fsp3) is 0.727. The van der Waals surface area contributed by atoms with Crippen LogP contribution in [-0.4, -0.2) is 41.9 Å². The number of rotatable bonds is 7. The van der Waals surface area contributed by atoms with E-state index in [0.717, 1.165) is 17.7 Å². The normalized spacial score (nSPS) is 12.3. The highest BCUT2D eigenvalue weighted by atomic mass is 32.2. The molecular weight excluding hydrogens is 208 g/mol. The van der Waals surface area contributed by atoms with Gasteiger partial charge < -0.3 is 10.6 Å². The van der Waals surface area contributed by atoms with Gasteiger partial charge in [0.05, 0.1) is 6.04 Å². The van der Waals surface area contributed by atoms with Crippen molar-refractivity contribution in [1.29, 1.82) is 0 Å². The molecule has 3 nitrogen and oxygen atoms in total. The van der Waals surface area contributed by atoms with E-state index in [2.05, 4.69) is 6.58 Å².